The van der Waals surface area contributed by atoms with Crippen LogP contribution in [0.4, 0.5) is 0 Å². The molecule has 0 aromatic carbocycles. The van der Waals surface area contributed by atoms with Crippen molar-refractivity contribution >= 4 is 5.91 Å². The molecule has 1 atom stereocenters. The number of likely N-dealkylation sites (N-methyl/N-ethyl adjacent to an activating group) is 1. The molecule has 0 radical (unpaired) electrons. The van der Waals surface area contributed by atoms with Gasteiger partial charge in [-0.2, -0.15) is 0 Å². The summed E-state index contributed by atoms with van der Waals surface area (Å²) in [6.07, 6.45) is 3.30. The Labute approximate surface area is 60.3 Å². The van der Waals surface area contributed by atoms with Gasteiger partial charge in [-0.05, 0) is 6.08 Å². The van der Waals surface area contributed by atoms with Gasteiger partial charge in [0, 0.05) is 14.1 Å². The van der Waals surface area contributed by atoms with Crippen LogP contribution in [0.25, 0.3) is 0 Å². The Morgan fingerprint density at radius 1 is 1.70 bits per heavy atom. The third-order valence-electron chi connectivity index (χ3n) is 1.37. The molecule has 0 spiro atoms. The quantitative estimate of drug-likeness (QED) is 0.482. The summed E-state index contributed by atoms with van der Waals surface area (Å²) in [5.74, 6) is 0.00810. The predicted octanol–water partition coefficient (Wildman–Crippen LogP) is 0.0296. The maximum absolute atomic E-state index is 11.1. The lowest BCUT2D eigenvalue weighted by Crippen LogP contribution is -2.32. The number of carbonyl (C=O) groups is 1. The lowest BCUT2D eigenvalue weighted by molar-refractivity contribution is -0.136. The number of rotatable bonds is 1. The van der Waals surface area contributed by atoms with Crippen molar-refractivity contribution in [1.29, 1.82) is 0 Å². The number of hydrogen-bond donors (Lipinski definition) is 0. The summed E-state index contributed by atoms with van der Waals surface area (Å²) in [5, 5.41) is 0. The van der Waals surface area contributed by atoms with Crippen LogP contribution < -0.4 is 0 Å². The van der Waals surface area contributed by atoms with E-state index < -0.39 is 0 Å². The number of hydrogen-bond acceptors (Lipinski definition) is 2. The van der Waals surface area contributed by atoms with Gasteiger partial charge in [0.1, 0.15) is 0 Å². The number of carbonyl (C=O) groups excluding carboxylic acids is 1. The fourth-order valence-corrected chi connectivity index (χ4v) is 0.802. The maximum Gasteiger partial charge on any atom is 0.255 e. The minimum absolute atomic E-state index is 0.00810. The van der Waals surface area contributed by atoms with Crippen LogP contribution in [0.1, 0.15) is 0 Å². The molecule has 3 nitrogen and oxygen atoms in total. The number of amides is 1. The van der Waals surface area contributed by atoms with E-state index in [9.17, 15) is 4.79 Å². The van der Waals surface area contributed by atoms with Crippen molar-refractivity contribution in [2.24, 2.45) is 0 Å². The summed E-state index contributed by atoms with van der Waals surface area (Å²) in [6, 6.07) is 0. The molecule has 0 saturated carbocycles. The van der Waals surface area contributed by atoms with Crippen molar-refractivity contribution in [3.63, 3.8) is 0 Å². The fourth-order valence-electron chi connectivity index (χ4n) is 0.802. The molecule has 0 aromatic heterocycles. The van der Waals surface area contributed by atoms with E-state index >= 15 is 0 Å². The normalized spacial score (nSPS) is 23.2. The van der Waals surface area contributed by atoms with Gasteiger partial charge in [-0.3, -0.25) is 4.79 Å². The molecule has 1 unspecified atom stereocenters. The molecule has 10 heavy (non-hydrogen) atoms. The van der Waals surface area contributed by atoms with E-state index in [0.29, 0.717) is 6.61 Å². The van der Waals surface area contributed by atoms with Gasteiger partial charge in [-0.15, -0.1) is 0 Å². The minimum atomic E-state index is -0.338. The zero-order chi connectivity index (χ0) is 7.56. The average molecular weight is 141 g/mol. The first-order valence-electron chi connectivity index (χ1n) is 3.21. The highest BCUT2D eigenvalue weighted by molar-refractivity contribution is 5.82. The Morgan fingerprint density at radius 3 is 2.80 bits per heavy atom. The van der Waals surface area contributed by atoms with Crippen molar-refractivity contribution in [3.05, 3.63) is 12.2 Å². The molecule has 0 saturated heterocycles. The maximum atomic E-state index is 11.1. The second kappa shape index (κ2) is 2.84. The van der Waals surface area contributed by atoms with Crippen molar-refractivity contribution in [2.45, 2.75) is 6.10 Å². The highest BCUT2D eigenvalue weighted by atomic mass is 16.5. The molecule has 1 amide bonds. The van der Waals surface area contributed by atoms with Crippen molar-refractivity contribution in [3.8, 4) is 0 Å². The second-order valence-electron chi connectivity index (χ2n) is 2.41. The molecule has 0 aliphatic carbocycles. The second-order valence-corrected chi connectivity index (χ2v) is 2.41. The van der Waals surface area contributed by atoms with E-state index in [1.807, 2.05) is 6.08 Å². The van der Waals surface area contributed by atoms with E-state index in [1.165, 1.54) is 4.90 Å². The fraction of sp³-hybridized carbons (Fsp3) is 0.571. The largest absolute Gasteiger partial charge is 0.360 e. The summed E-state index contributed by atoms with van der Waals surface area (Å²) in [7, 11) is 3.44. The smallest absolute Gasteiger partial charge is 0.255 e. The molecular weight excluding hydrogens is 130 g/mol. The van der Waals surface area contributed by atoms with E-state index in [0.717, 1.165) is 0 Å². The first-order chi connectivity index (χ1) is 4.72. The van der Waals surface area contributed by atoms with Crippen molar-refractivity contribution < 1.29 is 9.53 Å². The van der Waals surface area contributed by atoms with Gasteiger partial charge in [-0.1, -0.05) is 6.08 Å². The average Bonchev–Trinajstić information content (AvgIpc) is 2.36. The van der Waals surface area contributed by atoms with E-state index in [-0.39, 0.29) is 12.0 Å². The lowest BCUT2D eigenvalue weighted by atomic mass is 10.3. The topological polar surface area (TPSA) is 29.5 Å². The van der Waals surface area contributed by atoms with Gasteiger partial charge >= 0.3 is 0 Å². The number of nitrogens with zero attached hydrogens (tertiary/aromatic N) is 1. The number of ether oxygens (including phenoxy) is 1. The summed E-state index contributed by atoms with van der Waals surface area (Å²) in [6.45, 7) is 0.560. The van der Waals surface area contributed by atoms with Crippen LogP contribution in [0.15, 0.2) is 12.2 Å². The third kappa shape index (κ3) is 1.36. The Balaban J connectivity index is 2.49. The van der Waals surface area contributed by atoms with Gasteiger partial charge in [0.2, 0.25) is 0 Å². The first-order valence-corrected chi connectivity index (χ1v) is 3.21. The van der Waals surface area contributed by atoms with Crippen molar-refractivity contribution in [2.75, 3.05) is 20.7 Å². The molecule has 3 heteroatoms. The first kappa shape index (κ1) is 7.28. The summed E-state index contributed by atoms with van der Waals surface area (Å²) in [5.41, 5.74) is 0. The van der Waals surface area contributed by atoms with Gasteiger partial charge < -0.3 is 9.64 Å². The molecular formula is C7H11NO2. The van der Waals surface area contributed by atoms with Crippen LogP contribution in [0, 0.1) is 0 Å². The molecule has 1 aliphatic heterocycles. The Kier molecular flexibility index (Phi) is 2.06. The Morgan fingerprint density at radius 2 is 2.40 bits per heavy atom. The van der Waals surface area contributed by atoms with Gasteiger partial charge in [0.15, 0.2) is 6.10 Å². The summed E-state index contributed by atoms with van der Waals surface area (Å²) < 4.78 is 5.07. The van der Waals surface area contributed by atoms with Gasteiger partial charge in [0.05, 0.1) is 6.61 Å². The SMILES string of the molecule is CN(C)C(=O)C1C=CCO1. The third-order valence-corrected chi connectivity index (χ3v) is 1.37. The zero-order valence-corrected chi connectivity index (χ0v) is 6.20. The predicted molar refractivity (Wildman–Crippen MR) is 37.6 cm³/mol. The molecule has 0 fully saturated rings. The Bertz CT molecular complexity index is 163. The van der Waals surface area contributed by atoms with Crippen LogP contribution in [0.5, 0.6) is 0 Å². The summed E-state index contributed by atoms with van der Waals surface area (Å²) >= 11 is 0. The molecule has 1 rings (SSSR count). The van der Waals surface area contributed by atoms with E-state index in [2.05, 4.69) is 0 Å². The highest BCUT2D eigenvalue weighted by Crippen LogP contribution is 2.04. The summed E-state index contributed by atoms with van der Waals surface area (Å²) in [4.78, 5) is 12.6. The standard InChI is InChI=1S/C7H11NO2/c1-8(2)7(9)6-4-3-5-10-6/h3-4,6H,5H2,1-2H3. The zero-order valence-electron chi connectivity index (χ0n) is 6.20. The molecule has 0 N–H and O–H groups in total. The molecule has 1 aliphatic rings. The van der Waals surface area contributed by atoms with Crippen molar-refractivity contribution in [1.82, 2.24) is 4.90 Å². The Hall–Kier alpha value is -0.830. The monoisotopic (exact) mass is 141 g/mol. The highest BCUT2D eigenvalue weighted by Gasteiger charge is 2.19. The van der Waals surface area contributed by atoms with E-state index in [4.69, 9.17) is 4.74 Å². The molecule has 1 heterocycles. The van der Waals surface area contributed by atoms with Crippen LogP contribution >= 0.6 is 0 Å². The van der Waals surface area contributed by atoms with Crippen LogP contribution in [0.3, 0.4) is 0 Å². The minimum Gasteiger partial charge on any atom is -0.360 e. The lowest BCUT2D eigenvalue weighted by Gasteiger charge is -2.13. The van der Waals surface area contributed by atoms with Gasteiger partial charge in [-0.25, -0.2) is 0 Å². The van der Waals surface area contributed by atoms with Gasteiger partial charge in [0.25, 0.3) is 5.91 Å². The van der Waals surface area contributed by atoms with Crippen LogP contribution in [0.2, 0.25) is 0 Å². The molecule has 0 bridgehead atoms. The van der Waals surface area contributed by atoms with Crippen LogP contribution in [-0.4, -0.2) is 37.6 Å². The molecule has 0 aromatic rings. The van der Waals surface area contributed by atoms with Crippen LogP contribution in [-0.2, 0) is 9.53 Å². The molecule has 56 valence electrons. The van der Waals surface area contributed by atoms with E-state index in [1.54, 1.807) is 20.2 Å².